The van der Waals surface area contributed by atoms with Crippen LogP contribution in [0.15, 0.2) is 0 Å². The van der Waals surface area contributed by atoms with Gasteiger partial charge in [-0.1, -0.05) is 130 Å². The van der Waals surface area contributed by atoms with Crippen LogP contribution in [0.2, 0.25) is 0 Å². The van der Waals surface area contributed by atoms with Crippen LogP contribution in [-0.2, 0) is 9.47 Å². The van der Waals surface area contributed by atoms with Gasteiger partial charge in [0, 0.05) is 24.7 Å². The fourth-order valence-corrected chi connectivity index (χ4v) is 5.40. The summed E-state index contributed by atoms with van der Waals surface area (Å²) in [7, 11) is 0. The van der Waals surface area contributed by atoms with Crippen molar-refractivity contribution < 1.29 is 9.47 Å². The van der Waals surface area contributed by atoms with Crippen LogP contribution >= 0.6 is 11.8 Å². The first-order valence-corrected chi connectivity index (χ1v) is 16.2. The van der Waals surface area contributed by atoms with Gasteiger partial charge in [0.05, 0.1) is 12.2 Å². The lowest BCUT2D eigenvalue weighted by Gasteiger charge is -2.21. The molecule has 0 aliphatic rings. The molecular formula is C30H62O2S. The van der Waals surface area contributed by atoms with Gasteiger partial charge in [-0.05, 0) is 25.7 Å². The summed E-state index contributed by atoms with van der Waals surface area (Å²) in [5.74, 6) is 2.29. The minimum Gasteiger partial charge on any atom is -0.377 e. The van der Waals surface area contributed by atoms with Crippen LogP contribution in [0, 0.1) is 0 Å². The monoisotopic (exact) mass is 486 g/mol. The Balaban J connectivity index is 4.20. The molecule has 0 rings (SSSR count). The average Bonchev–Trinajstić information content (AvgIpc) is 2.82. The van der Waals surface area contributed by atoms with Crippen LogP contribution in [0.1, 0.15) is 156 Å². The third kappa shape index (κ3) is 25.2. The molecule has 33 heavy (non-hydrogen) atoms. The predicted octanol–water partition coefficient (Wildman–Crippen LogP) is 10.4. The average molecular weight is 487 g/mol. The molecule has 0 heterocycles. The number of ether oxygens (including phenoxy) is 2. The second-order valence-corrected chi connectivity index (χ2v) is 11.1. The molecule has 2 nitrogen and oxygen atoms in total. The van der Waals surface area contributed by atoms with Gasteiger partial charge in [-0.2, -0.15) is 11.8 Å². The number of unbranched alkanes of at least 4 members (excludes halogenated alkanes) is 14. The van der Waals surface area contributed by atoms with E-state index in [1.165, 1.54) is 128 Å². The van der Waals surface area contributed by atoms with E-state index in [1.807, 2.05) is 0 Å². The smallest absolute Gasteiger partial charge is 0.0665 e. The van der Waals surface area contributed by atoms with Gasteiger partial charge in [0.25, 0.3) is 0 Å². The van der Waals surface area contributed by atoms with Crippen LogP contribution in [0.5, 0.6) is 0 Å². The van der Waals surface area contributed by atoms with Crippen LogP contribution in [0.25, 0.3) is 0 Å². The molecule has 2 atom stereocenters. The van der Waals surface area contributed by atoms with Crippen molar-refractivity contribution in [2.75, 3.05) is 24.7 Å². The Morgan fingerprint density at radius 2 is 0.758 bits per heavy atom. The molecule has 2 unspecified atom stereocenters. The van der Waals surface area contributed by atoms with Gasteiger partial charge in [0.2, 0.25) is 0 Å². The molecule has 0 aliphatic carbocycles. The van der Waals surface area contributed by atoms with E-state index in [4.69, 9.17) is 9.47 Å². The van der Waals surface area contributed by atoms with Gasteiger partial charge in [0.1, 0.15) is 0 Å². The third-order valence-electron chi connectivity index (χ3n) is 6.57. The lowest BCUT2D eigenvalue weighted by molar-refractivity contribution is 0.0562. The SMILES string of the molecule is CCCCCCCCCC(CSCC(CCCCCCCCC)OCCCC)OCCCC. The molecule has 0 N–H and O–H groups in total. The molecule has 0 bridgehead atoms. The van der Waals surface area contributed by atoms with Gasteiger partial charge < -0.3 is 9.47 Å². The number of thioether (sulfide) groups is 1. The van der Waals surface area contributed by atoms with E-state index in [-0.39, 0.29) is 0 Å². The van der Waals surface area contributed by atoms with E-state index in [2.05, 4.69) is 39.5 Å². The lowest BCUT2D eigenvalue weighted by atomic mass is 10.1. The Kier molecular flexibility index (Phi) is 28.7. The van der Waals surface area contributed by atoms with E-state index in [0.717, 1.165) is 24.7 Å². The Labute approximate surface area is 214 Å². The van der Waals surface area contributed by atoms with Crippen molar-refractivity contribution in [1.82, 2.24) is 0 Å². The normalized spacial score (nSPS) is 13.5. The van der Waals surface area contributed by atoms with Crippen molar-refractivity contribution in [3.05, 3.63) is 0 Å². The summed E-state index contributed by atoms with van der Waals surface area (Å²) < 4.78 is 12.6. The molecule has 0 aromatic heterocycles. The highest BCUT2D eigenvalue weighted by molar-refractivity contribution is 7.99. The van der Waals surface area contributed by atoms with E-state index in [0.29, 0.717) is 12.2 Å². The molecular weight excluding hydrogens is 424 g/mol. The van der Waals surface area contributed by atoms with Gasteiger partial charge in [0.15, 0.2) is 0 Å². The summed E-state index contributed by atoms with van der Waals surface area (Å²) in [5, 5.41) is 0. The quantitative estimate of drug-likeness (QED) is 0.102. The maximum atomic E-state index is 6.29. The van der Waals surface area contributed by atoms with Crippen molar-refractivity contribution in [3.8, 4) is 0 Å². The third-order valence-corrected chi connectivity index (χ3v) is 7.78. The number of hydrogen-bond donors (Lipinski definition) is 0. The second kappa shape index (κ2) is 28.5. The fourth-order valence-electron chi connectivity index (χ4n) is 4.21. The molecule has 0 spiro atoms. The zero-order chi connectivity index (χ0) is 24.2. The number of rotatable bonds is 28. The topological polar surface area (TPSA) is 18.5 Å². The molecule has 0 amide bonds. The molecule has 0 fully saturated rings. The zero-order valence-corrected chi connectivity index (χ0v) is 24.2. The molecule has 0 aliphatic heterocycles. The highest BCUT2D eigenvalue weighted by atomic mass is 32.2. The first-order valence-electron chi connectivity index (χ1n) is 15.1. The van der Waals surface area contributed by atoms with Gasteiger partial charge in [-0.15, -0.1) is 0 Å². The molecule has 0 aromatic rings. The number of hydrogen-bond acceptors (Lipinski definition) is 3. The minimum absolute atomic E-state index is 0.437. The maximum Gasteiger partial charge on any atom is 0.0665 e. The molecule has 0 aromatic carbocycles. The summed E-state index contributed by atoms with van der Waals surface area (Å²) >= 11 is 2.09. The molecule has 0 radical (unpaired) electrons. The first-order chi connectivity index (χ1) is 16.3. The molecule has 0 saturated carbocycles. The van der Waals surface area contributed by atoms with E-state index >= 15 is 0 Å². The Hall–Kier alpha value is 0.270. The van der Waals surface area contributed by atoms with Crippen LogP contribution in [-0.4, -0.2) is 36.9 Å². The highest BCUT2D eigenvalue weighted by Gasteiger charge is 2.13. The molecule has 200 valence electrons. The van der Waals surface area contributed by atoms with E-state index in [1.54, 1.807) is 0 Å². The van der Waals surface area contributed by atoms with Crippen LogP contribution < -0.4 is 0 Å². The van der Waals surface area contributed by atoms with Crippen molar-refractivity contribution in [2.45, 2.75) is 168 Å². The van der Waals surface area contributed by atoms with Gasteiger partial charge >= 0.3 is 0 Å². The Morgan fingerprint density at radius 1 is 0.424 bits per heavy atom. The van der Waals surface area contributed by atoms with Crippen molar-refractivity contribution in [1.29, 1.82) is 0 Å². The zero-order valence-electron chi connectivity index (χ0n) is 23.4. The van der Waals surface area contributed by atoms with Crippen molar-refractivity contribution >= 4 is 11.8 Å². The van der Waals surface area contributed by atoms with E-state index < -0.39 is 0 Å². The van der Waals surface area contributed by atoms with Crippen LogP contribution in [0.3, 0.4) is 0 Å². The maximum absolute atomic E-state index is 6.29. The van der Waals surface area contributed by atoms with Gasteiger partial charge in [-0.3, -0.25) is 0 Å². The van der Waals surface area contributed by atoms with Crippen LogP contribution in [0.4, 0.5) is 0 Å². The Morgan fingerprint density at radius 3 is 1.12 bits per heavy atom. The van der Waals surface area contributed by atoms with E-state index in [9.17, 15) is 0 Å². The fraction of sp³-hybridized carbons (Fsp3) is 1.00. The summed E-state index contributed by atoms with van der Waals surface area (Å²) in [6.45, 7) is 11.0. The summed E-state index contributed by atoms with van der Waals surface area (Å²) in [5.41, 5.74) is 0. The summed E-state index contributed by atoms with van der Waals surface area (Å²) in [6.07, 6.45) is 27.6. The highest BCUT2D eigenvalue weighted by Crippen LogP contribution is 2.19. The van der Waals surface area contributed by atoms with Gasteiger partial charge in [-0.25, -0.2) is 0 Å². The second-order valence-electron chi connectivity index (χ2n) is 10.1. The Bertz CT molecular complexity index is 318. The first kappa shape index (κ1) is 33.3. The molecule has 0 saturated heterocycles. The summed E-state index contributed by atoms with van der Waals surface area (Å²) in [4.78, 5) is 0. The minimum atomic E-state index is 0.437. The summed E-state index contributed by atoms with van der Waals surface area (Å²) in [6, 6.07) is 0. The van der Waals surface area contributed by atoms with Crippen molar-refractivity contribution in [2.24, 2.45) is 0 Å². The van der Waals surface area contributed by atoms with Crippen molar-refractivity contribution in [3.63, 3.8) is 0 Å². The predicted molar refractivity (Wildman–Crippen MR) is 152 cm³/mol. The largest absolute Gasteiger partial charge is 0.377 e. The molecule has 3 heteroatoms. The standard InChI is InChI=1S/C30H62O2S/c1-5-9-13-15-17-19-21-23-29(31-25-11-7-3)27-33-28-30(32-26-12-8-4)24-22-20-18-16-14-10-6-2/h29-30H,5-28H2,1-4H3. The lowest BCUT2D eigenvalue weighted by Crippen LogP contribution is -2.21.